The number of para-hydroxylation sites is 1. The fraction of sp³-hybridized carbons (Fsp3) is 0.0690. The van der Waals surface area contributed by atoms with Crippen molar-refractivity contribution in [3.05, 3.63) is 132 Å². The monoisotopic (exact) mass is 597 g/mol. The number of hydrogen-bond acceptors (Lipinski definition) is 7. The minimum Gasteiger partial charge on any atom is -0.497 e. The van der Waals surface area contributed by atoms with E-state index < -0.39 is 5.56 Å². The fourth-order valence-electron chi connectivity index (χ4n) is 4.17. The van der Waals surface area contributed by atoms with Gasteiger partial charge in [0.25, 0.3) is 11.1 Å². The van der Waals surface area contributed by atoms with Crippen LogP contribution in [0, 0.1) is 0 Å². The molecule has 6 aromatic rings. The molecule has 0 saturated carbocycles. The normalized spacial score (nSPS) is 11.8. The van der Waals surface area contributed by atoms with Gasteiger partial charge in [-0.1, -0.05) is 69.7 Å². The Hall–Kier alpha value is -4.41. The summed E-state index contributed by atoms with van der Waals surface area (Å²) in [6.07, 6.45) is 3.92. The van der Waals surface area contributed by atoms with Crippen LogP contribution in [0.5, 0.6) is 5.75 Å². The first-order valence-electron chi connectivity index (χ1n) is 12.0. The van der Waals surface area contributed by atoms with Crippen LogP contribution < -0.4 is 20.4 Å². The molecule has 10 heteroatoms. The van der Waals surface area contributed by atoms with Crippen LogP contribution in [0.4, 0.5) is 0 Å². The van der Waals surface area contributed by atoms with Crippen LogP contribution >= 0.6 is 27.3 Å². The lowest BCUT2D eigenvalue weighted by Gasteiger charge is -2.02. The van der Waals surface area contributed by atoms with Gasteiger partial charge in [0.15, 0.2) is 0 Å². The maximum absolute atomic E-state index is 13.4. The molecule has 0 amide bonds. The zero-order chi connectivity index (χ0) is 26.9. The van der Waals surface area contributed by atoms with Crippen molar-refractivity contribution >= 4 is 38.3 Å². The summed E-state index contributed by atoms with van der Waals surface area (Å²) in [5, 5.41) is 9.20. The van der Waals surface area contributed by atoms with Crippen LogP contribution in [0.1, 0.15) is 16.8 Å². The number of nitrogens with zero attached hydrogens (tertiary/aromatic N) is 5. The number of aromatic nitrogens is 5. The van der Waals surface area contributed by atoms with Gasteiger partial charge in [0.2, 0.25) is 4.96 Å². The smallest absolute Gasteiger partial charge is 0.296 e. The molecule has 3 aromatic heterocycles. The highest BCUT2D eigenvalue weighted by Crippen LogP contribution is 2.26. The topological polar surface area (TPSA) is 91.4 Å². The van der Waals surface area contributed by atoms with E-state index in [1.54, 1.807) is 17.9 Å². The van der Waals surface area contributed by atoms with Gasteiger partial charge in [-0.25, -0.2) is 4.68 Å². The van der Waals surface area contributed by atoms with E-state index in [2.05, 4.69) is 26.0 Å². The van der Waals surface area contributed by atoms with Gasteiger partial charge in [0, 0.05) is 28.2 Å². The third-order valence-electron chi connectivity index (χ3n) is 6.15. The average molecular weight is 598 g/mol. The van der Waals surface area contributed by atoms with Crippen LogP contribution in [0.15, 0.2) is 99.1 Å². The van der Waals surface area contributed by atoms with Gasteiger partial charge in [0.1, 0.15) is 11.4 Å². The highest BCUT2D eigenvalue weighted by molar-refractivity contribution is 9.10. The van der Waals surface area contributed by atoms with Crippen molar-refractivity contribution in [2.45, 2.75) is 6.42 Å². The van der Waals surface area contributed by atoms with Gasteiger partial charge in [-0.2, -0.15) is 19.7 Å². The number of ether oxygens (including phenoxy) is 1. The fourth-order valence-corrected chi connectivity index (χ4v) is 5.33. The summed E-state index contributed by atoms with van der Waals surface area (Å²) in [6.45, 7) is 0. The van der Waals surface area contributed by atoms with Crippen LogP contribution in [-0.2, 0) is 6.42 Å². The molecular formula is C29H20BrN5O3S. The molecule has 0 saturated heterocycles. The van der Waals surface area contributed by atoms with Crippen molar-refractivity contribution < 1.29 is 4.74 Å². The Morgan fingerprint density at radius 1 is 0.949 bits per heavy atom. The standard InChI is InChI=1S/C29H20BrN5O3S/c1-38-23-13-7-18(8-14-23)15-24-27(36)31-29-35(32-24)28(37)25(39-29)16-20-17-34(22-5-3-2-4-6-22)33-26(20)19-9-11-21(30)12-10-19/h2-14,16-17H,15H2,1H3/b25-16-. The van der Waals surface area contributed by atoms with E-state index in [9.17, 15) is 9.59 Å². The Morgan fingerprint density at radius 2 is 1.69 bits per heavy atom. The molecule has 0 fully saturated rings. The van der Waals surface area contributed by atoms with Crippen molar-refractivity contribution in [1.82, 2.24) is 24.4 Å². The van der Waals surface area contributed by atoms with Gasteiger partial charge < -0.3 is 4.74 Å². The minimum atomic E-state index is -0.453. The molecule has 3 heterocycles. The Bertz CT molecular complexity index is 1970. The van der Waals surface area contributed by atoms with Crippen LogP contribution in [0.25, 0.3) is 28.0 Å². The van der Waals surface area contributed by atoms with Crippen molar-refractivity contribution in [2.24, 2.45) is 0 Å². The predicted octanol–water partition coefficient (Wildman–Crippen LogP) is 4.27. The average Bonchev–Trinajstić information content (AvgIpc) is 3.51. The molecule has 192 valence electrons. The summed E-state index contributed by atoms with van der Waals surface area (Å²) in [4.78, 5) is 30.5. The summed E-state index contributed by atoms with van der Waals surface area (Å²) in [6, 6.07) is 24.9. The number of methoxy groups -OCH3 is 1. The van der Waals surface area contributed by atoms with Gasteiger partial charge in [-0.3, -0.25) is 9.59 Å². The van der Waals surface area contributed by atoms with E-state index >= 15 is 0 Å². The highest BCUT2D eigenvalue weighted by atomic mass is 79.9. The number of halogens is 1. The molecule has 0 unspecified atom stereocenters. The Labute approximate surface area is 234 Å². The van der Waals surface area contributed by atoms with E-state index in [0.29, 0.717) is 4.53 Å². The second kappa shape index (κ2) is 10.4. The van der Waals surface area contributed by atoms with Crippen molar-refractivity contribution in [3.8, 4) is 22.7 Å². The molecular weight excluding hydrogens is 578 g/mol. The minimum absolute atomic E-state index is 0.201. The molecule has 0 N–H and O–H groups in total. The zero-order valence-corrected chi connectivity index (χ0v) is 23.0. The van der Waals surface area contributed by atoms with Gasteiger partial charge >= 0.3 is 0 Å². The van der Waals surface area contributed by atoms with Gasteiger partial charge in [-0.15, -0.1) is 0 Å². The lowest BCUT2D eigenvalue weighted by molar-refractivity contribution is 0.414. The van der Waals surface area contributed by atoms with E-state index in [0.717, 1.165) is 49.6 Å². The maximum atomic E-state index is 13.4. The predicted molar refractivity (Wildman–Crippen MR) is 155 cm³/mol. The second-order valence-corrected chi connectivity index (χ2v) is 10.6. The maximum Gasteiger partial charge on any atom is 0.296 e. The summed E-state index contributed by atoms with van der Waals surface area (Å²) >= 11 is 4.60. The Kier molecular flexibility index (Phi) is 6.64. The number of hydrogen-bond donors (Lipinski definition) is 0. The molecule has 39 heavy (non-hydrogen) atoms. The van der Waals surface area contributed by atoms with Crippen LogP contribution in [0.2, 0.25) is 0 Å². The molecule has 8 nitrogen and oxygen atoms in total. The number of rotatable bonds is 6. The van der Waals surface area contributed by atoms with Crippen molar-refractivity contribution in [3.63, 3.8) is 0 Å². The third-order valence-corrected chi connectivity index (χ3v) is 7.64. The SMILES string of the molecule is COc1ccc(Cc2nn3c(=O)/c(=C/c4cn(-c5ccccc5)nc4-c4ccc(Br)cc4)sc3nc2=O)cc1. The summed E-state index contributed by atoms with van der Waals surface area (Å²) in [7, 11) is 1.59. The molecule has 0 aliphatic heterocycles. The molecule has 0 atom stereocenters. The second-order valence-electron chi connectivity index (χ2n) is 8.72. The van der Waals surface area contributed by atoms with E-state index in [-0.39, 0.29) is 22.6 Å². The lowest BCUT2D eigenvalue weighted by atomic mass is 10.1. The zero-order valence-electron chi connectivity index (χ0n) is 20.6. The largest absolute Gasteiger partial charge is 0.497 e. The molecule has 6 rings (SSSR count). The first kappa shape index (κ1) is 24.9. The molecule has 0 aliphatic rings. The molecule has 0 aliphatic carbocycles. The molecule has 0 spiro atoms. The lowest BCUT2D eigenvalue weighted by Crippen LogP contribution is -2.28. The van der Waals surface area contributed by atoms with E-state index in [1.165, 1.54) is 4.52 Å². The van der Waals surface area contributed by atoms with Crippen molar-refractivity contribution in [1.29, 1.82) is 0 Å². The van der Waals surface area contributed by atoms with Crippen molar-refractivity contribution in [2.75, 3.05) is 7.11 Å². The summed E-state index contributed by atoms with van der Waals surface area (Å²) in [5.74, 6) is 0.718. The first-order valence-corrected chi connectivity index (χ1v) is 13.6. The molecule has 3 aromatic carbocycles. The quantitative estimate of drug-likeness (QED) is 0.285. The van der Waals surface area contributed by atoms with E-state index in [4.69, 9.17) is 9.84 Å². The van der Waals surface area contributed by atoms with Crippen LogP contribution in [0.3, 0.4) is 0 Å². The number of thiazole rings is 1. The van der Waals surface area contributed by atoms with Gasteiger partial charge in [0.05, 0.1) is 23.0 Å². The van der Waals surface area contributed by atoms with Gasteiger partial charge in [-0.05, 0) is 48.0 Å². The van der Waals surface area contributed by atoms with E-state index in [1.807, 2.05) is 85.1 Å². The Morgan fingerprint density at radius 3 is 2.41 bits per heavy atom. The number of fused-ring (bicyclic) bond motifs is 1. The summed E-state index contributed by atoms with van der Waals surface area (Å²) < 4.78 is 9.54. The molecule has 0 radical (unpaired) electrons. The summed E-state index contributed by atoms with van der Waals surface area (Å²) in [5.41, 5.74) is 3.55. The third kappa shape index (κ3) is 5.04. The first-order chi connectivity index (χ1) is 19.0. The Balaban J connectivity index is 1.45. The molecule has 0 bridgehead atoms. The van der Waals surface area contributed by atoms with Crippen LogP contribution in [-0.4, -0.2) is 31.5 Å². The number of benzene rings is 3. The highest BCUT2D eigenvalue weighted by Gasteiger charge is 2.15.